The van der Waals surface area contributed by atoms with Gasteiger partial charge in [0.25, 0.3) is 0 Å². The van der Waals surface area contributed by atoms with Crippen LogP contribution in [-0.2, 0) is 11.2 Å². The Balaban J connectivity index is 1.55. The fourth-order valence-electron chi connectivity index (χ4n) is 3.78. The standard InChI is InChI=1S/C17H23BrN2O/c18-14-7-12(9-19-10-14)8-17(11-20-15-3-4-15)5-6-21-16(17)13-1-2-13/h7,9-10,13,15-16,20H,1-6,8,11H2. The van der Waals surface area contributed by atoms with E-state index in [4.69, 9.17) is 4.74 Å². The summed E-state index contributed by atoms with van der Waals surface area (Å²) in [5.74, 6) is 0.800. The molecule has 2 atom stereocenters. The Labute approximate surface area is 135 Å². The van der Waals surface area contributed by atoms with Gasteiger partial charge in [0.05, 0.1) is 6.10 Å². The van der Waals surface area contributed by atoms with Gasteiger partial charge in [0.15, 0.2) is 0 Å². The van der Waals surface area contributed by atoms with E-state index in [9.17, 15) is 0 Å². The number of pyridine rings is 1. The van der Waals surface area contributed by atoms with E-state index in [0.29, 0.717) is 6.10 Å². The third-order valence-corrected chi connectivity index (χ3v) is 5.62. The van der Waals surface area contributed by atoms with Gasteiger partial charge in [-0.3, -0.25) is 4.98 Å². The SMILES string of the molecule is Brc1cncc(CC2(CNC3CC3)CCOC2C2CC2)c1. The van der Waals surface area contributed by atoms with Gasteiger partial charge in [0.2, 0.25) is 0 Å². The molecule has 4 rings (SSSR count). The van der Waals surface area contributed by atoms with Crippen LogP contribution in [0.1, 0.15) is 37.7 Å². The van der Waals surface area contributed by atoms with Crippen molar-refractivity contribution in [2.24, 2.45) is 11.3 Å². The molecule has 0 radical (unpaired) electrons. The van der Waals surface area contributed by atoms with Gasteiger partial charge in [0.1, 0.15) is 0 Å². The monoisotopic (exact) mass is 350 g/mol. The maximum absolute atomic E-state index is 6.18. The van der Waals surface area contributed by atoms with Crippen LogP contribution in [0.25, 0.3) is 0 Å². The molecule has 114 valence electrons. The van der Waals surface area contributed by atoms with Crippen molar-refractivity contribution in [3.63, 3.8) is 0 Å². The lowest BCUT2D eigenvalue weighted by atomic mass is 9.74. The molecule has 0 aromatic carbocycles. The summed E-state index contributed by atoms with van der Waals surface area (Å²) < 4.78 is 7.25. The minimum Gasteiger partial charge on any atom is -0.377 e. The molecule has 1 aliphatic heterocycles. The van der Waals surface area contributed by atoms with Crippen molar-refractivity contribution in [1.82, 2.24) is 10.3 Å². The van der Waals surface area contributed by atoms with Crippen molar-refractivity contribution in [3.05, 3.63) is 28.5 Å². The zero-order valence-corrected chi connectivity index (χ0v) is 13.9. The molecule has 2 aliphatic carbocycles. The number of nitrogens with one attached hydrogen (secondary N) is 1. The van der Waals surface area contributed by atoms with Gasteiger partial charge in [0, 0.05) is 41.5 Å². The van der Waals surface area contributed by atoms with E-state index < -0.39 is 0 Å². The van der Waals surface area contributed by atoms with E-state index in [0.717, 1.165) is 36.0 Å². The number of nitrogens with zero attached hydrogens (tertiary/aromatic N) is 1. The van der Waals surface area contributed by atoms with Crippen LogP contribution in [-0.4, -0.2) is 30.3 Å². The zero-order valence-electron chi connectivity index (χ0n) is 12.4. The fourth-order valence-corrected chi connectivity index (χ4v) is 4.19. The second kappa shape index (κ2) is 5.64. The Morgan fingerprint density at radius 3 is 2.86 bits per heavy atom. The molecular weight excluding hydrogens is 328 g/mol. The first-order valence-corrected chi connectivity index (χ1v) is 8.99. The minimum absolute atomic E-state index is 0.270. The van der Waals surface area contributed by atoms with E-state index in [1.807, 2.05) is 12.4 Å². The first kappa shape index (κ1) is 14.2. The zero-order chi connectivity index (χ0) is 14.3. The van der Waals surface area contributed by atoms with Crippen molar-refractivity contribution >= 4 is 15.9 Å². The topological polar surface area (TPSA) is 34.2 Å². The molecule has 2 unspecified atom stereocenters. The van der Waals surface area contributed by atoms with Gasteiger partial charge in [-0.15, -0.1) is 0 Å². The molecule has 1 aromatic heterocycles. The normalized spacial score (nSPS) is 32.5. The predicted octanol–water partition coefficient (Wildman–Crippen LogP) is 3.32. The van der Waals surface area contributed by atoms with E-state index in [1.165, 1.54) is 37.7 Å². The second-order valence-electron chi connectivity index (χ2n) is 7.08. The Hall–Kier alpha value is -0.450. The van der Waals surface area contributed by atoms with E-state index >= 15 is 0 Å². The first-order chi connectivity index (χ1) is 10.3. The molecular formula is C17H23BrN2O. The predicted molar refractivity (Wildman–Crippen MR) is 86.2 cm³/mol. The van der Waals surface area contributed by atoms with Crippen LogP contribution in [0.5, 0.6) is 0 Å². The molecule has 4 heteroatoms. The number of rotatable bonds is 6. The van der Waals surface area contributed by atoms with Crippen LogP contribution in [0.2, 0.25) is 0 Å². The van der Waals surface area contributed by atoms with Crippen molar-refractivity contribution in [2.75, 3.05) is 13.2 Å². The van der Waals surface area contributed by atoms with Crippen molar-refractivity contribution < 1.29 is 4.74 Å². The summed E-state index contributed by atoms with van der Waals surface area (Å²) >= 11 is 3.55. The molecule has 3 aliphatic rings. The van der Waals surface area contributed by atoms with Gasteiger partial charge in [-0.2, -0.15) is 0 Å². The highest BCUT2D eigenvalue weighted by Crippen LogP contribution is 2.49. The molecule has 21 heavy (non-hydrogen) atoms. The maximum atomic E-state index is 6.18. The summed E-state index contributed by atoms with van der Waals surface area (Å²) in [7, 11) is 0. The summed E-state index contributed by atoms with van der Waals surface area (Å²) in [4.78, 5) is 4.34. The van der Waals surface area contributed by atoms with Gasteiger partial charge in [-0.25, -0.2) is 0 Å². The highest BCUT2D eigenvalue weighted by atomic mass is 79.9. The Bertz CT molecular complexity index is 515. The molecule has 1 aromatic rings. The maximum Gasteiger partial charge on any atom is 0.0675 e. The largest absolute Gasteiger partial charge is 0.377 e. The average Bonchev–Trinajstić information content (AvgIpc) is 3.38. The van der Waals surface area contributed by atoms with Gasteiger partial charge < -0.3 is 10.1 Å². The Morgan fingerprint density at radius 1 is 1.29 bits per heavy atom. The van der Waals surface area contributed by atoms with Crippen LogP contribution in [0.15, 0.2) is 22.9 Å². The summed E-state index contributed by atoms with van der Waals surface area (Å²) in [6.45, 7) is 2.03. The molecule has 0 spiro atoms. The number of hydrogen-bond acceptors (Lipinski definition) is 3. The van der Waals surface area contributed by atoms with E-state index in [-0.39, 0.29) is 5.41 Å². The molecule has 1 saturated heterocycles. The molecule has 2 saturated carbocycles. The first-order valence-electron chi connectivity index (χ1n) is 8.20. The number of hydrogen-bond donors (Lipinski definition) is 1. The van der Waals surface area contributed by atoms with Gasteiger partial charge in [-0.1, -0.05) is 0 Å². The lowest BCUT2D eigenvalue weighted by Gasteiger charge is -2.35. The van der Waals surface area contributed by atoms with Crippen molar-refractivity contribution in [2.45, 2.75) is 50.7 Å². The summed E-state index contributed by atoms with van der Waals surface area (Å²) in [6.07, 6.45) is 12.0. The van der Waals surface area contributed by atoms with Crippen LogP contribution >= 0.6 is 15.9 Å². The van der Waals surface area contributed by atoms with E-state index in [1.54, 1.807) is 0 Å². The lowest BCUT2D eigenvalue weighted by molar-refractivity contribution is 0.0304. The fraction of sp³-hybridized carbons (Fsp3) is 0.706. The Kier molecular flexibility index (Phi) is 3.80. The highest BCUT2D eigenvalue weighted by molar-refractivity contribution is 9.10. The Morgan fingerprint density at radius 2 is 2.14 bits per heavy atom. The van der Waals surface area contributed by atoms with Crippen molar-refractivity contribution in [1.29, 1.82) is 0 Å². The molecule has 2 heterocycles. The average molecular weight is 351 g/mol. The van der Waals surface area contributed by atoms with Gasteiger partial charge >= 0.3 is 0 Å². The summed E-state index contributed by atoms with van der Waals surface area (Å²) in [5.41, 5.74) is 1.60. The molecule has 3 nitrogen and oxygen atoms in total. The van der Waals surface area contributed by atoms with E-state index in [2.05, 4.69) is 32.3 Å². The third kappa shape index (κ3) is 3.17. The number of halogens is 1. The van der Waals surface area contributed by atoms with Gasteiger partial charge in [-0.05, 0) is 72.0 Å². The van der Waals surface area contributed by atoms with Crippen LogP contribution in [0.4, 0.5) is 0 Å². The molecule has 1 N–H and O–H groups in total. The number of aromatic nitrogens is 1. The van der Waals surface area contributed by atoms with Crippen LogP contribution in [0, 0.1) is 11.3 Å². The quantitative estimate of drug-likeness (QED) is 0.854. The van der Waals surface area contributed by atoms with Crippen LogP contribution in [0.3, 0.4) is 0 Å². The minimum atomic E-state index is 0.270. The summed E-state index contributed by atoms with van der Waals surface area (Å²) in [6, 6.07) is 2.98. The van der Waals surface area contributed by atoms with Crippen LogP contribution < -0.4 is 5.32 Å². The molecule has 0 amide bonds. The summed E-state index contributed by atoms with van der Waals surface area (Å²) in [5, 5.41) is 3.77. The highest BCUT2D eigenvalue weighted by Gasteiger charge is 2.51. The van der Waals surface area contributed by atoms with Crippen molar-refractivity contribution in [3.8, 4) is 0 Å². The molecule has 3 fully saturated rings. The number of ether oxygens (including phenoxy) is 1. The lowest BCUT2D eigenvalue weighted by Crippen LogP contribution is -2.44. The smallest absolute Gasteiger partial charge is 0.0675 e. The third-order valence-electron chi connectivity index (χ3n) is 5.19. The molecule has 0 bridgehead atoms. The second-order valence-corrected chi connectivity index (χ2v) is 8.00.